The number of aryl methyl sites for hydroxylation is 1. The third-order valence-corrected chi connectivity index (χ3v) is 4.08. The summed E-state index contributed by atoms with van der Waals surface area (Å²) in [4.78, 5) is 27.1. The van der Waals surface area contributed by atoms with E-state index in [0.717, 1.165) is 11.1 Å². The quantitative estimate of drug-likeness (QED) is 0.647. The van der Waals surface area contributed by atoms with Gasteiger partial charge in [-0.25, -0.2) is 4.79 Å². The predicted octanol–water partition coefficient (Wildman–Crippen LogP) is 3.62. The number of amides is 1. The zero-order valence-electron chi connectivity index (χ0n) is 15.1. The molecular weight excluding hydrogens is 378 g/mol. The first-order chi connectivity index (χ1) is 13.5. The van der Waals surface area contributed by atoms with Crippen LogP contribution in [0.4, 0.5) is 5.82 Å². The number of aromatic nitrogens is 2. The first-order valence-electron chi connectivity index (χ1n) is 8.50. The van der Waals surface area contributed by atoms with Crippen LogP contribution in [0, 0.1) is 0 Å². The van der Waals surface area contributed by atoms with Crippen molar-refractivity contribution in [1.29, 1.82) is 0 Å². The van der Waals surface area contributed by atoms with Crippen molar-refractivity contribution in [3.63, 3.8) is 0 Å². The van der Waals surface area contributed by atoms with Gasteiger partial charge in [-0.3, -0.25) is 4.79 Å². The summed E-state index contributed by atoms with van der Waals surface area (Å²) in [6, 6.07) is 16.4. The molecule has 6 nitrogen and oxygen atoms in total. The molecule has 0 aliphatic heterocycles. The van der Waals surface area contributed by atoms with Crippen LogP contribution in [-0.2, 0) is 11.8 Å². The second-order valence-corrected chi connectivity index (χ2v) is 6.43. The van der Waals surface area contributed by atoms with Crippen molar-refractivity contribution in [2.24, 2.45) is 7.05 Å². The molecule has 0 fully saturated rings. The van der Waals surface area contributed by atoms with Gasteiger partial charge in [-0.15, -0.1) is 0 Å². The molecule has 142 valence electrons. The van der Waals surface area contributed by atoms with Gasteiger partial charge in [0.1, 0.15) is 11.6 Å². The van der Waals surface area contributed by atoms with Crippen molar-refractivity contribution in [1.82, 2.24) is 9.55 Å². The van der Waals surface area contributed by atoms with Crippen molar-refractivity contribution in [2.75, 3.05) is 11.9 Å². The van der Waals surface area contributed by atoms with Gasteiger partial charge in [0, 0.05) is 18.3 Å². The molecule has 0 bridgehead atoms. The molecule has 0 spiro atoms. The first kappa shape index (κ1) is 19.4. The summed E-state index contributed by atoms with van der Waals surface area (Å²) in [5, 5.41) is 3.23. The molecule has 7 heteroatoms. The van der Waals surface area contributed by atoms with E-state index in [4.69, 9.17) is 16.3 Å². The lowest BCUT2D eigenvalue weighted by Gasteiger charge is -2.07. The molecule has 0 saturated heterocycles. The molecule has 1 aromatic heterocycles. The first-order valence-corrected chi connectivity index (χ1v) is 8.87. The summed E-state index contributed by atoms with van der Waals surface area (Å²) in [5.74, 6) is 0.363. The standard InChI is InChI=1S/C21H18ClN3O3/c1-25-13-12-19(24-21(25)27)23-20(26)14-28-18-10-6-16(7-11-18)3-2-15-4-8-17(22)9-5-15/h2-13H,14H2,1H3,(H,23,24,26,27)/b3-2+. The van der Waals surface area contributed by atoms with Gasteiger partial charge >= 0.3 is 5.69 Å². The number of hydrogen-bond acceptors (Lipinski definition) is 4. The van der Waals surface area contributed by atoms with Crippen LogP contribution in [0.25, 0.3) is 12.2 Å². The van der Waals surface area contributed by atoms with Gasteiger partial charge < -0.3 is 14.6 Å². The second-order valence-electron chi connectivity index (χ2n) is 6.00. The Kier molecular flexibility index (Phi) is 6.24. The average molecular weight is 396 g/mol. The lowest BCUT2D eigenvalue weighted by atomic mass is 10.1. The summed E-state index contributed by atoms with van der Waals surface area (Å²) in [7, 11) is 1.58. The van der Waals surface area contributed by atoms with E-state index >= 15 is 0 Å². The van der Waals surface area contributed by atoms with E-state index in [1.54, 1.807) is 25.2 Å². The number of rotatable bonds is 6. The van der Waals surface area contributed by atoms with E-state index in [1.165, 1.54) is 10.8 Å². The minimum absolute atomic E-state index is 0.184. The van der Waals surface area contributed by atoms with Gasteiger partial charge in [0.25, 0.3) is 5.91 Å². The Bertz CT molecular complexity index is 1040. The number of carbonyl (C=O) groups is 1. The highest BCUT2D eigenvalue weighted by Crippen LogP contribution is 2.16. The maximum Gasteiger partial charge on any atom is 0.349 e. The lowest BCUT2D eigenvalue weighted by Crippen LogP contribution is -2.25. The number of ether oxygens (including phenoxy) is 1. The summed E-state index contributed by atoms with van der Waals surface area (Å²) >= 11 is 5.87. The minimum atomic E-state index is -0.444. The van der Waals surface area contributed by atoms with Crippen molar-refractivity contribution in [3.8, 4) is 5.75 Å². The van der Waals surface area contributed by atoms with Crippen LogP contribution in [0.3, 0.4) is 0 Å². The normalized spacial score (nSPS) is 10.8. The van der Waals surface area contributed by atoms with Gasteiger partial charge in [-0.2, -0.15) is 4.98 Å². The molecule has 0 radical (unpaired) electrons. The fourth-order valence-electron chi connectivity index (χ4n) is 2.30. The van der Waals surface area contributed by atoms with Crippen LogP contribution >= 0.6 is 11.6 Å². The van der Waals surface area contributed by atoms with Crippen LogP contribution in [0.5, 0.6) is 5.75 Å². The summed E-state index contributed by atoms with van der Waals surface area (Å²) in [6.45, 7) is -0.184. The SMILES string of the molecule is Cn1ccc(NC(=O)COc2ccc(/C=C/c3ccc(Cl)cc3)cc2)nc1=O. The Hall–Kier alpha value is -3.38. The molecule has 0 aliphatic rings. The summed E-state index contributed by atoms with van der Waals surface area (Å²) < 4.78 is 6.78. The van der Waals surface area contributed by atoms with E-state index in [2.05, 4.69) is 10.3 Å². The monoisotopic (exact) mass is 395 g/mol. The molecule has 1 amide bonds. The van der Waals surface area contributed by atoms with E-state index in [1.807, 2.05) is 48.6 Å². The third kappa shape index (κ3) is 5.56. The van der Waals surface area contributed by atoms with Gasteiger partial charge in [-0.1, -0.05) is 48.0 Å². The fraction of sp³-hybridized carbons (Fsp3) is 0.0952. The molecule has 0 aliphatic carbocycles. The Morgan fingerprint density at radius 3 is 2.29 bits per heavy atom. The molecule has 3 aromatic rings. The Labute approximate surface area is 167 Å². The molecule has 1 N–H and O–H groups in total. The average Bonchev–Trinajstić information content (AvgIpc) is 2.69. The van der Waals surface area contributed by atoms with Crippen LogP contribution in [0.15, 0.2) is 65.6 Å². The minimum Gasteiger partial charge on any atom is -0.484 e. The Morgan fingerprint density at radius 1 is 1.07 bits per heavy atom. The van der Waals surface area contributed by atoms with Gasteiger partial charge in [0.05, 0.1) is 0 Å². The summed E-state index contributed by atoms with van der Waals surface area (Å²) in [5.41, 5.74) is 1.60. The third-order valence-electron chi connectivity index (χ3n) is 3.83. The number of halogens is 1. The van der Waals surface area contributed by atoms with E-state index < -0.39 is 11.6 Å². The van der Waals surface area contributed by atoms with Crippen molar-refractivity contribution in [2.45, 2.75) is 0 Å². The zero-order valence-corrected chi connectivity index (χ0v) is 15.9. The molecule has 0 unspecified atom stereocenters. The van der Waals surface area contributed by atoms with Crippen molar-refractivity contribution >= 4 is 35.5 Å². The number of benzene rings is 2. The number of hydrogen-bond donors (Lipinski definition) is 1. The number of nitrogens with one attached hydrogen (secondary N) is 1. The van der Waals surface area contributed by atoms with E-state index in [0.29, 0.717) is 10.8 Å². The van der Waals surface area contributed by atoms with Gasteiger partial charge in [0.2, 0.25) is 0 Å². The topological polar surface area (TPSA) is 73.2 Å². The smallest absolute Gasteiger partial charge is 0.349 e. The number of anilines is 1. The Morgan fingerprint density at radius 2 is 1.68 bits per heavy atom. The van der Waals surface area contributed by atoms with Crippen molar-refractivity contribution < 1.29 is 9.53 Å². The molecular formula is C21H18ClN3O3. The Balaban J connectivity index is 1.52. The van der Waals surface area contributed by atoms with Crippen LogP contribution < -0.4 is 15.7 Å². The maximum atomic E-state index is 11.9. The molecule has 1 heterocycles. The van der Waals surface area contributed by atoms with Crippen molar-refractivity contribution in [3.05, 3.63) is 87.4 Å². The van der Waals surface area contributed by atoms with Crippen LogP contribution in [0.1, 0.15) is 11.1 Å². The largest absolute Gasteiger partial charge is 0.484 e. The molecule has 0 atom stereocenters. The van der Waals surface area contributed by atoms with Gasteiger partial charge in [-0.05, 0) is 41.5 Å². The maximum absolute atomic E-state index is 11.9. The lowest BCUT2D eigenvalue weighted by molar-refractivity contribution is -0.118. The van der Waals surface area contributed by atoms with Crippen LogP contribution in [0.2, 0.25) is 5.02 Å². The van der Waals surface area contributed by atoms with Crippen LogP contribution in [-0.4, -0.2) is 22.1 Å². The number of carbonyl (C=O) groups excluding carboxylic acids is 1. The number of nitrogens with zero attached hydrogens (tertiary/aromatic N) is 2. The molecule has 3 rings (SSSR count). The molecule has 2 aromatic carbocycles. The molecule has 28 heavy (non-hydrogen) atoms. The summed E-state index contributed by atoms with van der Waals surface area (Å²) in [6.07, 6.45) is 5.49. The highest BCUT2D eigenvalue weighted by Gasteiger charge is 2.05. The van der Waals surface area contributed by atoms with E-state index in [-0.39, 0.29) is 12.4 Å². The molecule has 0 saturated carbocycles. The second kappa shape index (κ2) is 9.01. The highest BCUT2D eigenvalue weighted by molar-refractivity contribution is 6.30. The zero-order chi connectivity index (χ0) is 19.9. The highest BCUT2D eigenvalue weighted by atomic mass is 35.5. The van der Waals surface area contributed by atoms with E-state index in [9.17, 15) is 9.59 Å². The fourth-order valence-corrected chi connectivity index (χ4v) is 2.43. The van der Waals surface area contributed by atoms with Gasteiger partial charge in [0.15, 0.2) is 6.61 Å². The predicted molar refractivity (Wildman–Crippen MR) is 110 cm³/mol.